The summed E-state index contributed by atoms with van der Waals surface area (Å²) >= 11 is 0. The molecule has 2 heterocycles. The number of nitrogens with zero attached hydrogens (tertiary/aromatic N) is 2. The summed E-state index contributed by atoms with van der Waals surface area (Å²) in [6.07, 6.45) is 3.16. The Labute approximate surface area is 185 Å². The van der Waals surface area contributed by atoms with E-state index in [-0.39, 0.29) is 11.3 Å². The number of hydrogen-bond acceptors (Lipinski definition) is 6. The number of Topliss-reactive ketones (excluding diaryl/α,β-unsaturated/α-hetero) is 1. The highest BCUT2D eigenvalue weighted by Gasteiger charge is 2.47. The second-order valence-corrected chi connectivity index (χ2v) is 7.08. The number of rotatable bonds is 6. The molecule has 1 fully saturated rings. The number of aliphatic hydroxyl groups is 1. The molecule has 1 amide bonds. The van der Waals surface area contributed by atoms with Crippen LogP contribution in [0, 0.1) is 0 Å². The number of amides is 1. The molecule has 0 saturated carbocycles. The maximum atomic E-state index is 13.2. The number of hydrogen-bond donors (Lipinski definition) is 1. The zero-order chi connectivity index (χ0) is 22.7. The summed E-state index contributed by atoms with van der Waals surface area (Å²) in [4.78, 5) is 31.7. The van der Waals surface area contributed by atoms with Crippen LogP contribution >= 0.6 is 0 Å². The monoisotopic (exact) mass is 430 g/mol. The van der Waals surface area contributed by atoms with E-state index >= 15 is 0 Å². The van der Waals surface area contributed by atoms with E-state index in [1.54, 1.807) is 73.1 Å². The Balaban J connectivity index is 1.90. The first kappa shape index (κ1) is 21.1. The van der Waals surface area contributed by atoms with Gasteiger partial charge in [0.15, 0.2) is 0 Å². The average Bonchev–Trinajstić information content (AvgIpc) is 3.10. The van der Waals surface area contributed by atoms with Gasteiger partial charge in [-0.25, -0.2) is 0 Å². The van der Waals surface area contributed by atoms with Crippen molar-refractivity contribution >= 4 is 23.1 Å². The van der Waals surface area contributed by atoms with Crippen molar-refractivity contribution in [1.29, 1.82) is 0 Å². The molecule has 0 spiro atoms. The normalized spacial score (nSPS) is 17.4. The minimum atomic E-state index is -0.833. The van der Waals surface area contributed by atoms with Gasteiger partial charge in [0.1, 0.15) is 17.3 Å². The molecule has 1 N–H and O–H groups in total. The molecule has 32 heavy (non-hydrogen) atoms. The summed E-state index contributed by atoms with van der Waals surface area (Å²) in [6.45, 7) is 2.40. The maximum absolute atomic E-state index is 13.2. The molecule has 7 heteroatoms. The zero-order valence-corrected chi connectivity index (χ0v) is 17.7. The fourth-order valence-electron chi connectivity index (χ4n) is 3.81. The molecule has 3 aromatic rings. The molecule has 4 rings (SSSR count). The molecule has 0 bridgehead atoms. The van der Waals surface area contributed by atoms with E-state index in [1.807, 2.05) is 6.92 Å². The van der Waals surface area contributed by atoms with Crippen LogP contribution in [0.5, 0.6) is 11.5 Å². The third-order valence-corrected chi connectivity index (χ3v) is 5.25. The van der Waals surface area contributed by atoms with Gasteiger partial charge >= 0.3 is 0 Å². The summed E-state index contributed by atoms with van der Waals surface area (Å²) < 4.78 is 10.8. The summed E-state index contributed by atoms with van der Waals surface area (Å²) in [5, 5.41) is 11.2. The molecule has 1 unspecified atom stereocenters. The Morgan fingerprint density at radius 3 is 2.38 bits per heavy atom. The molecule has 1 aliphatic heterocycles. The number of aliphatic hydroxyl groups excluding tert-OH is 1. The number of aromatic nitrogens is 1. The van der Waals surface area contributed by atoms with Crippen LogP contribution in [0.3, 0.4) is 0 Å². The van der Waals surface area contributed by atoms with Gasteiger partial charge in [-0.3, -0.25) is 19.5 Å². The van der Waals surface area contributed by atoms with Crippen molar-refractivity contribution in [2.75, 3.05) is 18.6 Å². The summed E-state index contributed by atoms with van der Waals surface area (Å²) in [7, 11) is 1.48. The fraction of sp³-hybridized carbons (Fsp3) is 0.160. The Bertz CT molecular complexity index is 1170. The van der Waals surface area contributed by atoms with Gasteiger partial charge in [0.05, 0.1) is 30.9 Å². The lowest BCUT2D eigenvalue weighted by Crippen LogP contribution is -2.29. The largest absolute Gasteiger partial charge is 0.507 e. The molecular formula is C25H22N2O5. The number of pyridine rings is 1. The molecule has 1 aromatic heterocycles. The Morgan fingerprint density at radius 2 is 1.72 bits per heavy atom. The lowest BCUT2D eigenvalue weighted by atomic mass is 9.95. The van der Waals surface area contributed by atoms with Crippen molar-refractivity contribution in [3.8, 4) is 11.5 Å². The Hall–Kier alpha value is -4.13. The first-order valence-corrected chi connectivity index (χ1v) is 10.1. The standard InChI is InChI=1S/C25H22N2O5/c1-3-32-18-10-8-17(9-11-18)27-22(16-12-14-26-15-13-16)21(24(29)25(27)30)23(28)19-6-4-5-7-20(19)31-2/h4-15,22,28H,3H2,1-2H3/b23-21-. The number of methoxy groups -OCH3 is 1. The van der Waals surface area contributed by atoms with Crippen LogP contribution in [0.25, 0.3) is 5.76 Å². The van der Waals surface area contributed by atoms with Crippen LogP contribution in [0.15, 0.2) is 78.6 Å². The predicted molar refractivity (Wildman–Crippen MR) is 120 cm³/mol. The highest BCUT2D eigenvalue weighted by atomic mass is 16.5. The molecule has 1 aliphatic rings. The molecule has 1 saturated heterocycles. The van der Waals surface area contributed by atoms with Gasteiger partial charge in [0.2, 0.25) is 0 Å². The van der Waals surface area contributed by atoms with Crippen molar-refractivity contribution in [2.45, 2.75) is 13.0 Å². The van der Waals surface area contributed by atoms with Crippen LogP contribution in [0.2, 0.25) is 0 Å². The van der Waals surface area contributed by atoms with Crippen LogP contribution in [0.4, 0.5) is 5.69 Å². The van der Waals surface area contributed by atoms with Gasteiger partial charge in [-0.2, -0.15) is 0 Å². The van der Waals surface area contributed by atoms with Crippen molar-refractivity contribution in [1.82, 2.24) is 4.98 Å². The SMILES string of the molecule is CCOc1ccc(N2C(=O)C(=O)/C(=C(\O)c3ccccc3OC)C2c2ccncc2)cc1. The third-order valence-electron chi connectivity index (χ3n) is 5.25. The second kappa shape index (κ2) is 8.93. The van der Waals surface area contributed by atoms with Crippen molar-refractivity contribution in [3.05, 3.63) is 89.8 Å². The summed E-state index contributed by atoms with van der Waals surface area (Å²) in [5.74, 6) is -0.749. The van der Waals surface area contributed by atoms with Crippen molar-refractivity contribution in [2.24, 2.45) is 0 Å². The van der Waals surface area contributed by atoms with E-state index in [0.29, 0.717) is 34.9 Å². The van der Waals surface area contributed by atoms with Crippen molar-refractivity contribution in [3.63, 3.8) is 0 Å². The van der Waals surface area contributed by atoms with Gasteiger partial charge in [-0.15, -0.1) is 0 Å². The van der Waals surface area contributed by atoms with Crippen LogP contribution in [0.1, 0.15) is 24.1 Å². The highest BCUT2D eigenvalue weighted by molar-refractivity contribution is 6.51. The molecule has 7 nitrogen and oxygen atoms in total. The molecule has 1 atom stereocenters. The van der Waals surface area contributed by atoms with E-state index in [1.165, 1.54) is 12.0 Å². The molecule has 0 aliphatic carbocycles. The molecule has 0 radical (unpaired) electrons. The first-order chi connectivity index (χ1) is 15.6. The number of carbonyl (C=O) groups excluding carboxylic acids is 2. The quantitative estimate of drug-likeness (QED) is 0.360. The summed E-state index contributed by atoms with van der Waals surface area (Å²) in [5.41, 5.74) is 1.47. The van der Waals surface area contributed by atoms with E-state index in [4.69, 9.17) is 9.47 Å². The van der Waals surface area contributed by atoms with Gasteiger partial charge in [-0.1, -0.05) is 12.1 Å². The minimum Gasteiger partial charge on any atom is -0.507 e. The van der Waals surface area contributed by atoms with Gasteiger partial charge in [0.25, 0.3) is 11.7 Å². The zero-order valence-electron chi connectivity index (χ0n) is 17.7. The predicted octanol–water partition coefficient (Wildman–Crippen LogP) is 4.12. The van der Waals surface area contributed by atoms with E-state index in [2.05, 4.69) is 4.98 Å². The Morgan fingerprint density at radius 1 is 1.03 bits per heavy atom. The number of ketones is 1. The van der Waals surface area contributed by atoms with E-state index < -0.39 is 17.7 Å². The molecule has 162 valence electrons. The number of benzene rings is 2. The lowest BCUT2D eigenvalue weighted by Gasteiger charge is -2.25. The van der Waals surface area contributed by atoms with Crippen LogP contribution in [-0.4, -0.2) is 35.5 Å². The van der Waals surface area contributed by atoms with Gasteiger partial charge in [0, 0.05) is 18.1 Å². The number of anilines is 1. The van der Waals surface area contributed by atoms with E-state index in [9.17, 15) is 14.7 Å². The minimum absolute atomic E-state index is 0.0143. The second-order valence-electron chi connectivity index (χ2n) is 7.08. The van der Waals surface area contributed by atoms with Crippen LogP contribution in [-0.2, 0) is 9.59 Å². The number of para-hydroxylation sites is 1. The highest BCUT2D eigenvalue weighted by Crippen LogP contribution is 2.43. The third kappa shape index (κ3) is 3.69. The fourth-order valence-corrected chi connectivity index (χ4v) is 3.81. The smallest absolute Gasteiger partial charge is 0.300 e. The lowest BCUT2D eigenvalue weighted by molar-refractivity contribution is -0.132. The summed E-state index contributed by atoms with van der Waals surface area (Å²) in [6, 6.07) is 16.3. The van der Waals surface area contributed by atoms with Gasteiger partial charge < -0.3 is 14.6 Å². The Kier molecular flexibility index (Phi) is 5.89. The van der Waals surface area contributed by atoms with E-state index in [0.717, 1.165) is 0 Å². The number of carbonyl (C=O) groups is 2. The van der Waals surface area contributed by atoms with Gasteiger partial charge in [-0.05, 0) is 61.0 Å². The van der Waals surface area contributed by atoms with Crippen molar-refractivity contribution < 1.29 is 24.2 Å². The average molecular weight is 430 g/mol. The van der Waals surface area contributed by atoms with Crippen LogP contribution < -0.4 is 14.4 Å². The first-order valence-electron chi connectivity index (χ1n) is 10.1. The number of ether oxygens (including phenoxy) is 2. The topological polar surface area (TPSA) is 89.0 Å². The molecular weight excluding hydrogens is 408 g/mol. The maximum Gasteiger partial charge on any atom is 0.300 e. The molecule has 2 aromatic carbocycles.